The second-order valence-electron chi connectivity index (χ2n) is 11.6. The molecule has 30 heavy (non-hydrogen) atoms. The highest BCUT2D eigenvalue weighted by molar-refractivity contribution is 5.66. The zero-order valence-electron chi connectivity index (χ0n) is 23.8. The van der Waals surface area contributed by atoms with E-state index in [1.165, 1.54) is 0 Å². The molecule has 172 valence electrons. The van der Waals surface area contributed by atoms with Gasteiger partial charge < -0.3 is 15.3 Å². The lowest BCUT2D eigenvalue weighted by Gasteiger charge is -2.64. The van der Waals surface area contributed by atoms with Gasteiger partial charge in [-0.25, -0.2) is 0 Å². The first-order valence-electron chi connectivity index (χ1n) is 14.6. The third-order valence-corrected chi connectivity index (χ3v) is 10.5. The molecule has 0 unspecified atom stereocenters. The smallest absolute Gasteiger partial charge is 0.303 e. The van der Waals surface area contributed by atoms with Gasteiger partial charge in [0.15, 0.2) is 0 Å². The molecule has 4 nitrogen and oxygen atoms in total. The second-order valence-corrected chi connectivity index (χ2v) is 11.6. The number of fused-ring (bicyclic) bond motifs is 5. The lowest BCUT2D eigenvalue weighted by Crippen LogP contribution is -2.62. The molecule has 0 aromatic carbocycles. The van der Waals surface area contributed by atoms with Crippen LogP contribution in [0, 0.1) is 52.3 Å². The Bertz CT molecular complexity index is 818. The average molecular weight is 426 g/mol. The van der Waals surface area contributed by atoms with Crippen LogP contribution in [0.25, 0.3) is 0 Å². The molecule has 4 saturated carbocycles. The van der Waals surface area contributed by atoms with Crippen molar-refractivity contribution in [2.75, 3.05) is 0 Å². The highest BCUT2D eigenvalue weighted by Crippen LogP contribution is 2.69. The number of rotatable bonds is 5. The number of carbonyl (C=O) groups is 1. The molecule has 4 fully saturated rings. The average Bonchev–Trinajstić information content (AvgIpc) is 3.09. The Balaban J connectivity index is 1.72. The van der Waals surface area contributed by atoms with Gasteiger partial charge in [0.2, 0.25) is 0 Å². The Kier molecular flexibility index (Phi) is 4.56. The van der Waals surface area contributed by atoms with Crippen molar-refractivity contribution < 1.29 is 27.0 Å². The Labute approximate surface area is 189 Å². The summed E-state index contributed by atoms with van der Waals surface area (Å²) in [6, 6.07) is 0. The van der Waals surface area contributed by atoms with Gasteiger partial charge in [0.25, 0.3) is 0 Å². The Morgan fingerprint density at radius 1 is 1.10 bits per heavy atom. The largest absolute Gasteiger partial charge is 0.481 e. The standard InChI is InChI=1S/C26H44O4/c1-5-17-21-14-16(27)10-12-26(21,4)20-11-13-25(3)18(15(2)6-9-22(28)29)7-8-19(25)23(20)24(17)30/h15-21,23-24,27,30H,5-14H2,1-4H3,(H,28,29)/t15-,16-,17-,18-,19+,20+,21+,23+,24-,25-,26-/m1/s1/i1D3,5D2. The third-order valence-electron chi connectivity index (χ3n) is 10.5. The summed E-state index contributed by atoms with van der Waals surface area (Å²) in [5, 5.41) is 31.6. The molecular weight excluding hydrogens is 376 g/mol. The van der Waals surface area contributed by atoms with Gasteiger partial charge in [-0.2, -0.15) is 0 Å². The van der Waals surface area contributed by atoms with E-state index in [0.717, 1.165) is 32.1 Å². The van der Waals surface area contributed by atoms with E-state index in [0.29, 0.717) is 25.2 Å². The van der Waals surface area contributed by atoms with Crippen molar-refractivity contribution in [2.45, 2.75) is 104 Å². The summed E-state index contributed by atoms with van der Waals surface area (Å²) in [6.45, 7) is 3.72. The van der Waals surface area contributed by atoms with Crippen molar-refractivity contribution in [1.82, 2.24) is 0 Å². The summed E-state index contributed by atoms with van der Waals surface area (Å²) in [5.41, 5.74) is -0.393. The molecule has 4 aliphatic rings. The minimum atomic E-state index is -2.86. The molecule has 0 radical (unpaired) electrons. The number of aliphatic hydroxyl groups excluding tert-OH is 2. The lowest BCUT2D eigenvalue weighted by molar-refractivity contribution is -0.203. The first kappa shape index (κ1) is 16.9. The lowest BCUT2D eigenvalue weighted by atomic mass is 9.41. The number of carboxylic acid groups (broad SMARTS) is 1. The van der Waals surface area contributed by atoms with Crippen LogP contribution in [-0.2, 0) is 4.79 Å². The van der Waals surface area contributed by atoms with Crippen molar-refractivity contribution in [2.24, 2.45) is 52.3 Å². The summed E-state index contributed by atoms with van der Waals surface area (Å²) in [4.78, 5) is 11.2. The highest BCUT2D eigenvalue weighted by atomic mass is 16.4. The molecule has 0 aromatic rings. The fourth-order valence-electron chi connectivity index (χ4n) is 8.99. The summed E-state index contributed by atoms with van der Waals surface area (Å²) in [6.07, 6.45) is 2.03. The molecule has 0 aliphatic heterocycles. The van der Waals surface area contributed by atoms with E-state index in [1.807, 2.05) is 0 Å². The first-order valence-corrected chi connectivity index (χ1v) is 12.1. The van der Waals surface area contributed by atoms with E-state index in [4.69, 9.17) is 6.85 Å². The predicted octanol–water partition coefficient (Wildman–Crippen LogP) is 5.11. The monoisotopic (exact) mass is 425 g/mol. The van der Waals surface area contributed by atoms with Gasteiger partial charge in [-0.3, -0.25) is 4.79 Å². The van der Waals surface area contributed by atoms with E-state index in [1.54, 1.807) is 0 Å². The van der Waals surface area contributed by atoms with E-state index < -0.39 is 37.3 Å². The molecule has 0 bridgehead atoms. The molecule has 4 rings (SSSR count). The van der Waals surface area contributed by atoms with Gasteiger partial charge in [-0.05, 0) is 104 Å². The zero-order chi connectivity index (χ0) is 26.1. The van der Waals surface area contributed by atoms with Crippen molar-refractivity contribution in [1.29, 1.82) is 0 Å². The fraction of sp³-hybridized carbons (Fsp3) is 0.962. The van der Waals surface area contributed by atoms with Crippen LogP contribution in [0.5, 0.6) is 0 Å². The fourth-order valence-corrected chi connectivity index (χ4v) is 8.99. The summed E-state index contributed by atoms with van der Waals surface area (Å²) in [5.74, 6) is -1.47. The molecule has 0 spiro atoms. The van der Waals surface area contributed by atoms with E-state index in [-0.39, 0.29) is 46.8 Å². The van der Waals surface area contributed by atoms with Crippen LogP contribution in [0.4, 0.5) is 0 Å². The van der Waals surface area contributed by atoms with E-state index in [2.05, 4.69) is 20.8 Å². The Morgan fingerprint density at radius 2 is 1.80 bits per heavy atom. The molecule has 4 heteroatoms. The van der Waals surface area contributed by atoms with Crippen LogP contribution in [0.1, 0.15) is 98.6 Å². The molecule has 0 aromatic heterocycles. The highest BCUT2D eigenvalue weighted by Gasteiger charge is 2.64. The molecule has 4 aliphatic carbocycles. The SMILES string of the molecule is [2H]C([2H])([2H])C([2H])([2H])[C@H]1[C@@H](O)[C@@H]2[C@H](CC[C@]3(C)[C@@H]([C@H](C)CCC(=O)O)CC[C@@H]23)[C@@]2(C)CC[C@@H](O)C[C@@H]12. The van der Waals surface area contributed by atoms with Crippen LogP contribution in [0.15, 0.2) is 0 Å². The van der Waals surface area contributed by atoms with Crippen LogP contribution in [-0.4, -0.2) is 33.5 Å². The molecule has 0 saturated heterocycles. The maximum absolute atomic E-state index is 11.9. The number of hydrogen-bond acceptors (Lipinski definition) is 3. The van der Waals surface area contributed by atoms with Gasteiger partial charge in [0, 0.05) is 13.3 Å². The number of hydrogen-bond donors (Lipinski definition) is 3. The number of aliphatic hydroxyl groups is 2. The zero-order valence-corrected chi connectivity index (χ0v) is 18.8. The van der Waals surface area contributed by atoms with Crippen molar-refractivity contribution in [3.8, 4) is 0 Å². The number of carboxylic acids is 1. The van der Waals surface area contributed by atoms with Crippen LogP contribution in [0.2, 0.25) is 0 Å². The molecule has 3 N–H and O–H groups in total. The minimum Gasteiger partial charge on any atom is -0.481 e. The van der Waals surface area contributed by atoms with Gasteiger partial charge in [0.1, 0.15) is 0 Å². The second kappa shape index (κ2) is 8.06. The maximum Gasteiger partial charge on any atom is 0.303 e. The summed E-state index contributed by atoms with van der Waals surface area (Å²) in [7, 11) is 0. The van der Waals surface area contributed by atoms with Gasteiger partial charge in [-0.15, -0.1) is 0 Å². The minimum absolute atomic E-state index is 0.0747. The van der Waals surface area contributed by atoms with Crippen LogP contribution in [0.3, 0.4) is 0 Å². The number of aliphatic carboxylic acids is 1. The van der Waals surface area contributed by atoms with E-state index >= 15 is 0 Å². The van der Waals surface area contributed by atoms with Gasteiger partial charge in [-0.1, -0.05) is 34.0 Å². The predicted molar refractivity (Wildman–Crippen MR) is 118 cm³/mol. The third kappa shape index (κ3) is 3.36. The molecule has 0 amide bonds. The normalized spacial score (nSPS) is 54.9. The van der Waals surface area contributed by atoms with Crippen molar-refractivity contribution in [3.05, 3.63) is 0 Å². The van der Waals surface area contributed by atoms with Crippen molar-refractivity contribution in [3.63, 3.8) is 0 Å². The molecule has 0 heterocycles. The molecule has 11 atom stereocenters. The topological polar surface area (TPSA) is 77.8 Å². The van der Waals surface area contributed by atoms with Gasteiger partial charge >= 0.3 is 5.97 Å². The van der Waals surface area contributed by atoms with Crippen LogP contribution >= 0.6 is 0 Å². The summed E-state index contributed by atoms with van der Waals surface area (Å²) < 4.78 is 41.5. The summed E-state index contributed by atoms with van der Waals surface area (Å²) >= 11 is 0. The Morgan fingerprint density at radius 3 is 2.50 bits per heavy atom. The quantitative estimate of drug-likeness (QED) is 0.572. The maximum atomic E-state index is 11.9. The van der Waals surface area contributed by atoms with Crippen molar-refractivity contribution >= 4 is 5.97 Å². The first-order chi connectivity index (χ1) is 16.1. The van der Waals surface area contributed by atoms with Gasteiger partial charge in [0.05, 0.1) is 12.2 Å². The Hall–Kier alpha value is -0.610. The molecular formula is C26H44O4. The van der Waals surface area contributed by atoms with E-state index in [9.17, 15) is 20.1 Å². The van der Waals surface area contributed by atoms with Crippen LogP contribution < -0.4 is 0 Å².